The Morgan fingerprint density at radius 3 is 2.60 bits per heavy atom. The molecule has 160 valence electrons. The predicted octanol–water partition coefficient (Wildman–Crippen LogP) is 3.07. The number of halogens is 1. The van der Waals surface area contributed by atoms with Gasteiger partial charge >= 0.3 is 6.03 Å². The molecule has 0 atom stereocenters. The third-order valence-electron chi connectivity index (χ3n) is 5.08. The maximum absolute atomic E-state index is 12.5. The molecule has 1 saturated heterocycles. The molecule has 3 rings (SSSR count). The number of nitrogens with zero attached hydrogens (tertiary/aromatic N) is 3. The molecule has 1 aromatic carbocycles. The number of anilines is 2. The number of phenols is 1. The zero-order chi connectivity index (χ0) is 21.7. The lowest BCUT2D eigenvalue weighted by molar-refractivity contribution is -0.121. The van der Waals surface area contributed by atoms with Gasteiger partial charge in [-0.2, -0.15) is 0 Å². The first-order chi connectivity index (χ1) is 14.3. The molecule has 3 amide bonds. The number of carbonyl (C=O) groups excluding carboxylic acids is 2. The van der Waals surface area contributed by atoms with Gasteiger partial charge in [-0.15, -0.1) is 0 Å². The van der Waals surface area contributed by atoms with Crippen molar-refractivity contribution in [3.05, 3.63) is 47.1 Å². The molecule has 1 aliphatic rings. The fourth-order valence-electron chi connectivity index (χ4n) is 3.26. The van der Waals surface area contributed by atoms with E-state index in [9.17, 15) is 14.7 Å². The monoisotopic (exact) mass is 431 g/mol. The van der Waals surface area contributed by atoms with Gasteiger partial charge in [0.25, 0.3) is 0 Å². The summed E-state index contributed by atoms with van der Waals surface area (Å²) < 4.78 is 0. The van der Waals surface area contributed by atoms with Crippen LogP contribution < -0.4 is 15.5 Å². The highest BCUT2D eigenvalue weighted by Gasteiger charge is 2.27. The van der Waals surface area contributed by atoms with Gasteiger partial charge in [0.1, 0.15) is 11.6 Å². The number of phenolic OH excluding ortho intramolecular Hbond substituents is 1. The predicted molar refractivity (Wildman–Crippen MR) is 117 cm³/mol. The van der Waals surface area contributed by atoms with E-state index in [-0.39, 0.29) is 23.6 Å². The highest BCUT2D eigenvalue weighted by atomic mass is 35.5. The summed E-state index contributed by atoms with van der Waals surface area (Å²) in [7, 11) is 3.84. The van der Waals surface area contributed by atoms with Crippen LogP contribution in [0.4, 0.5) is 16.3 Å². The van der Waals surface area contributed by atoms with Gasteiger partial charge in [-0.25, -0.2) is 9.78 Å². The van der Waals surface area contributed by atoms with E-state index in [0.717, 1.165) is 11.4 Å². The Hall–Kier alpha value is -3.00. The minimum atomic E-state index is -0.227. The summed E-state index contributed by atoms with van der Waals surface area (Å²) in [6, 6.07) is 8.19. The molecule has 3 N–H and O–H groups in total. The Morgan fingerprint density at radius 1 is 1.23 bits per heavy atom. The van der Waals surface area contributed by atoms with E-state index < -0.39 is 0 Å². The lowest BCUT2D eigenvalue weighted by Gasteiger charge is -2.31. The molecule has 0 unspecified atom stereocenters. The van der Waals surface area contributed by atoms with E-state index in [2.05, 4.69) is 15.6 Å². The number of aromatic hydroxyl groups is 1. The van der Waals surface area contributed by atoms with Gasteiger partial charge in [0.15, 0.2) is 0 Å². The minimum absolute atomic E-state index is 0.0299. The largest absolute Gasteiger partial charge is 0.506 e. The van der Waals surface area contributed by atoms with Crippen molar-refractivity contribution in [2.75, 3.05) is 37.4 Å². The van der Waals surface area contributed by atoms with Crippen LogP contribution in [-0.4, -0.2) is 54.1 Å². The number of amides is 3. The molecule has 9 heteroatoms. The number of benzene rings is 1. The molecule has 0 radical (unpaired) electrons. The van der Waals surface area contributed by atoms with Crippen molar-refractivity contribution >= 4 is 35.0 Å². The minimum Gasteiger partial charge on any atom is -0.506 e. The van der Waals surface area contributed by atoms with Crippen molar-refractivity contribution < 1.29 is 14.7 Å². The van der Waals surface area contributed by atoms with E-state index in [0.29, 0.717) is 43.2 Å². The molecule has 8 nitrogen and oxygen atoms in total. The zero-order valence-corrected chi connectivity index (χ0v) is 17.8. The number of carbonyl (C=O) groups is 2. The second-order valence-electron chi connectivity index (χ2n) is 7.49. The van der Waals surface area contributed by atoms with Crippen LogP contribution in [0.25, 0.3) is 0 Å². The van der Waals surface area contributed by atoms with Crippen LogP contribution in [0.5, 0.6) is 5.75 Å². The molecular formula is C21H26ClN5O3. The van der Waals surface area contributed by atoms with Gasteiger partial charge in [-0.1, -0.05) is 17.7 Å². The Bertz CT molecular complexity index is 896. The van der Waals surface area contributed by atoms with Crippen LogP contribution in [0.1, 0.15) is 18.4 Å². The normalized spacial score (nSPS) is 14.3. The lowest BCUT2D eigenvalue weighted by Crippen LogP contribution is -2.45. The topological polar surface area (TPSA) is 97.8 Å². The third kappa shape index (κ3) is 5.54. The number of urea groups is 1. The second kappa shape index (κ2) is 9.67. The maximum atomic E-state index is 12.5. The standard InChI is InChI=1S/C21H26ClN5O3/c1-26(2)19-6-3-14(12-23-19)13-24-21(30)27-9-7-15(8-10-27)20(29)25-17-11-16(22)4-5-18(17)28/h3-6,11-12,15,28H,7-10,13H2,1-2H3,(H,24,30)(H,25,29). The highest BCUT2D eigenvalue weighted by molar-refractivity contribution is 6.31. The Kier molecular flexibility index (Phi) is 6.99. The quantitative estimate of drug-likeness (QED) is 0.632. The third-order valence-corrected chi connectivity index (χ3v) is 5.32. The van der Waals surface area contributed by atoms with Gasteiger partial charge in [-0.3, -0.25) is 4.79 Å². The summed E-state index contributed by atoms with van der Waals surface area (Å²) in [4.78, 5) is 32.9. The second-order valence-corrected chi connectivity index (χ2v) is 7.93. The summed E-state index contributed by atoms with van der Waals surface area (Å²) in [6.45, 7) is 1.38. The van der Waals surface area contributed by atoms with Gasteiger partial charge < -0.3 is 25.5 Å². The number of piperidine rings is 1. The van der Waals surface area contributed by atoms with Gasteiger partial charge in [0.2, 0.25) is 5.91 Å². The van der Waals surface area contributed by atoms with Crippen molar-refractivity contribution in [1.82, 2.24) is 15.2 Å². The van der Waals surface area contributed by atoms with Crippen LogP contribution in [-0.2, 0) is 11.3 Å². The first kappa shape index (κ1) is 21.7. The Balaban J connectivity index is 1.45. The average molecular weight is 432 g/mol. The molecule has 0 aliphatic carbocycles. The number of pyridine rings is 1. The van der Waals surface area contributed by atoms with Crippen LogP contribution >= 0.6 is 11.6 Å². The summed E-state index contributed by atoms with van der Waals surface area (Å²) in [6.07, 6.45) is 2.86. The van der Waals surface area contributed by atoms with Gasteiger partial charge in [0, 0.05) is 50.9 Å². The number of aromatic nitrogens is 1. The molecule has 0 saturated carbocycles. The van der Waals surface area contributed by atoms with Crippen molar-refractivity contribution in [2.24, 2.45) is 5.92 Å². The number of likely N-dealkylation sites (tertiary alicyclic amines) is 1. The number of rotatable bonds is 5. The fraction of sp³-hybridized carbons (Fsp3) is 0.381. The number of hydrogen-bond acceptors (Lipinski definition) is 5. The van der Waals surface area contributed by atoms with Gasteiger partial charge in [0.05, 0.1) is 5.69 Å². The molecule has 1 fully saturated rings. The molecule has 1 aliphatic heterocycles. The number of nitrogens with one attached hydrogen (secondary N) is 2. The molecule has 1 aromatic heterocycles. The van der Waals surface area contributed by atoms with E-state index >= 15 is 0 Å². The average Bonchev–Trinajstić information content (AvgIpc) is 2.75. The molecular weight excluding hydrogens is 406 g/mol. The van der Waals surface area contributed by atoms with Crippen molar-refractivity contribution in [3.63, 3.8) is 0 Å². The van der Waals surface area contributed by atoms with Crippen LogP contribution in [0.15, 0.2) is 36.5 Å². The fourth-order valence-corrected chi connectivity index (χ4v) is 3.44. The Labute approximate surface area is 180 Å². The molecule has 0 spiro atoms. The Morgan fingerprint density at radius 2 is 1.97 bits per heavy atom. The molecule has 2 aromatic rings. The zero-order valence-electron chi connectivity index (χ0n) is 17.1. The first-order valence-electron chi connectivity index (χ1n) is 9.78. The van der Waals surface area contributed by atoms with Crippen LogP contribution in [0.3, 0.4) is 0 Å². The summed E-state index contributed by atoms with van der Waals surface area (Å²) in [5.41, 5.74) is 1.21. The molecule has 0 bridgehead atoms. The van der Waals surface area contributed by atoms with E-state index in [4.69, 9.17) is 11.6 Å². The van der Waals surface area contributed by atoms with Gasteiger partial charge in [-0.05, 0) is 42.7 Å². The molecule has 30 heavy (non-hydrogen) atoms. The maximum Gasteiger partial charge on any atom is 0.317 e. The van der Waals surface area contributed by atoms with E-state index in [1.807, 2.05) is 31.1 Å². The molecule has 2 heterocycles. The van der Waals surface area contributed by atoms with Crippen molar-refractivity contribution in [2.45, 2.75) is 19.4 Å². The summed E-state index contributed by atoms with van der Waals surface area (Å²) in [5.74, 6) is 0.420. The highest BCUT2D eigenvalue weighted by Crippen LogP contribution is 2.28. The van der Waals surface area contributed by atoms with Crippen molar-refractivity contribution in [3.8, 4) is 5.75 Å². The van der Waals surface area contributed by atoms with E-state index in [1.54, 1.807) is 17.2 Å². The van der Waals surface area contributed by atoms with Crippen LogP contribution in [0, 0.1) is 5.92 Å². The van der Waals surface area contributed by atoms with E-state index in [1.165, 1.54) is 12.1 Å². The SMILES string of the molecule is CN(C)c1ccc(CNC(=O)N2CCC(C(=O)Nc3cc(Cl)ccc3O)CC2)cn1. The smallest absolute Gasteiger partial charge is 0.317 e. The van der Waals surface area contributed by atoms with Crippen LogP contribution in [0.2, 0.25) is 5.02 Å². The first-order valence-corrected chi connectivity index (χ1v) is 10.2. The number of hydrogen-bond donors (Lipinski definition) is 3. The summed E-state index contributed by atoms with van der Waals surface area (Å²) >= 11 is 5.92. The van der Waals surface area contributed by atoms with Crippen molar-refractivity contribution in [1.29, 1.82) is 0 Å². The summed E-state index contributed by atoms with van der Waals surface area (Å²) in [5, 5.41) is 15.9. The lowest BCUT2D eigenvalue weighted by atomic mass is 9.96.